The molecule has 29 heavy (non-hydrogen) atoms. The number of aryl methyl sites for hydroxylation is 1. The molecule has 0 spiro atoms. The number of nitrogens with zero attached hydrogens (tertiary/aromatic N) is 4. The highest BCUT2D eigenvalue weighted by Gasteiger charge is 2.25. The number of hydrogen-bond acceptors (Lipinski definition) is 7. The number of piperidine rings is 1. The summed E-state index contributed by atoms with van der Waals surface area (Å²) in [7, 11) is 2.15. The highest BCUT2D eigenvalue weighted by molar-refractivity contribution is 5.69. The molecule has 0 bridgehead atoms. The maximum Gasteiger partial charge on any atom is 0.243 e. The third-order valence-electron chi connectivity index (χ3n) is 5.63. The van der Waals surface area contributed by atoms with Gasteiger partial charge in [-0.3, -0.25) is 0 Å². The van der Waals surface area contributed by atoms with E-state index in [-0.39, 0.29) is 6.79 Å². The molecule has 7 nitrogen and oxygen atoms in total. The SMILES string of the molecule is CCOCOc1cc(C2CC2)ccc1-c1nnc(NC2CCCN(C)C2)nc1C. The average Bonchev–Trinajstić information content (AvgIpc) is 3.54. The van der Waals surface area contributed by atoms with Crippen LogP contribution in [0.3, 0.4) is 0 Å². The quantitative estimate of drug-likeness (QED) is 0.539. The Morgan fingerprint density at radius 1 is 1.21 bits per heavy atom. The van der Waals surface area contributed by atoms with Crippen LogP contribution in [0.15, 0.2) is 18.2 Å². The van der Waals surface area contributed by atoms with Gasteiger partial charge >= 0.3 is 0 Å². The van der Waals surface area contributed by atoms with Crippen LogP contribution in [-0.4, -0.2) is 59.7 Å². The van der Waals surface area contributed by atoms with E-state index in [0.29, 0.717) is 24.5 Å². The van der Waals surface area contributed by atoms with Crippen molar-refractivity contribution < 1.29 is 9.47 Å². The fourth-order valence-electron chi connectivity index (χ4n) is 3.89. The van der Waals surface area contributed by atoms with Gasteiger partial charge < -0.3 is 19.7 Å². The van der Waals surface area contributed by atoms with Crippen LogP contribution in [0.1, 0.15) is 49.8 Å². The fourth-order valence-corrected chi connectivity index (χ4v) is 3.89. The Hall–Kier alpha value is -2.25. The number of rotatable bonds is 8. The van der Waals surface area contributed by atoms with Crippen molar-refractivity contribution in [2.75, 3.05) is 38.9 Å². The van der Waals surface area contributed by atoms with Crippen molar-refractivity contribution in [3.8, 4) is 17.0 Å². The van der Waals surface area contributed by atoms with Crippen LogP contribution in [-0.2, 0) is 4.74 Å². The van der Waals surface area contributed by atoms with Crippen molar-refractivity contribution >= 4 is 5.95 Å². The van der Waals surface area contributed by atoms with Crippen LogP contribution >= 0.6 is 0 Å². The zero-order chi connectivity index (χ0) is 20.2. The van der Waals surface area contributed by atoms with E-state index in [1.165, 1.54) is 24.8 Å². The van der Waals surface area contributed by atoms with Crippen LogP contribution in [0, 0.1) is 6.92 Å². The summed E-state index contributed by atoms with van der Waals surface area (Å²) in [5, 5.41) is 12.3. The first kappa shape index (κ1) is 20.0. The minimum atomic E-state index is 0.229. The molecule has 1 N–H and O–H groups in total. The molecule has 1 aromatic carbocycles. The van der Waals surface area contributed by atoms with E-state index in [9.17, 15) is 0 Å². The van der Waals surface area contributed by atoms with Crippen molar-refractivity contribution in [1.29, 1.82) is 0 Å². The summed E-state index contributed by atoms with van der Waals surface area (Å²) in [6.45, 7) is 6.93. The van der Waals surface area contributed by atoms with Crippen molar-refractivity contribution in [3.05, 3.63) is 29.5 Å². The van der Waals surface area contributed by atoms with Crippen molar-refractivity contribution in [3.63, 3.8) is 0 Å². The number of hydrogen-bond donors (Lipinski definition) is 1. The molecule has 7 heteroatoms. The van der Waals surface area contributed by atoms with Gasteiger partial charge in [0.15, 0.2) is 6.79 Å². The highest BCUT2D eigenvalue weighted by Crippen LogP contribution is 2.43. The first-order chi connectivity index (χ1) is 14.1. The summed E-state index contributed by atoms with van der Waals surface area (Å²) in [6.07, 6.45) is 4.82. The monoisotopic (exact) mass is 397 g/mol. The van der Waals surface area contributed by atoms with Gasteiger partial charge in [0.2, 0.25) is 5.95 Å². The molecule has 1 aliphatic heterocycles. The molecule has 1 aliphatic carbocycles. The van der Waals surface area contributed by atoms with Crippen LogP contribution in [0.4, 0.5) is 5.95 Å². The van der Waals surface area contributed by atoms with Gasteiger partial charge in [0.1, 0.15) is 11.4 Å². The molecular formula is C22H31N5O2. The lowest BCUT2D eigenvalue weighted by Gasteiger charge is -2.30. The third-order valence-corrected chi connectivity index (χ3v) is 5.63. The molecule has 0 amide bonds. The number of likely N-dealkylation sites (tertiary alicyclic amines) is 1. The molecular weight excluding hydrogens is 366 g/mol. The second kappa shape index (κ2) is 9.05. The van der Waals surface area contributed by atoms with Gasteiger partial charge in [0.05, 0.1) is 5.69 Å². The number of nitrogens with one attached hydrogen (secondary N) is 1. The normalized spacial score (nSPS) is 19.9. The van der Waals surface area contributed by atoms with E-state index in [1.807, 2.05) is 13.8 Å². The second-order valence-corrected chi connectivity index (χ2v) is 8.10. The molecule has 1 atom stereocenters. The molecule has 1 aromatic heterocycles. The zero-order valence-corrected chi connectivity index (χ0v) is 17.6. The predicted octanol–water partition coefficient (Wildman–Crippen LogP) is 3.60. The number of aromatic nitrogens is 3. The minimum absolute atomic E-state index is 0.229. The Kier molecular flexibility index (Phi) is 6.25. The first-order valence-electron chi connectivity index (χ1n) is 10.6. The van der Waals surface area contributed by atoms with Crippen molar-refractivity contribution in [2.45, 2.75) is 51.5 Å². The van der Waals surface area contributed by atoms with Crippen LogP contribution in [0.25, 0.3) is 11.3 Å². The fraction of sp³-hybridized carbons (Fsp3) is 0.591. The first-order valence-corrected chi connectivity index (χ1v) is 10.6. The lowest BCUT2D eigenvalue weighted by Crippen LogP contribution is -2.40. The van der Waals surface area contributed by atoms with Gasteiger partial charge in [-0.15, -0.1) is 10.2 Å². The molecule has 2 aromatic rings. The number of likely N-dealkylation sites (N-methyl/N-ethyl adjacent to an activating group) is 1. The topological polar surface area (TPSA) is 72.4 Å². The smallest absolute Gasteiger partial charge is 0.243 e. The van der Waals surface area contributed by atoms with E-state index < -0.39 is 0 Å². The molecule has 2 heterocycles. The van der Waals surface area contributed by atoms with Gasteiger partial charge in [-0.25, -0.2) is 4.98 Å². The number of anilines is 1. The minimum Gasteiger partial charge on any atom is -0.467 e. The number of ether oxygens (including phenoxy) is 2. The van der Waals surface area contributed by atoms with Gasteiger partial charge in [-0.05, 0) is 76.7 Å². The summed E-state index contributed by atoms with van der Waals surface area (Å²) in [5.74, 6) is 2.04. The zero-order valence-electron chi connectivity index (χ0n) is 17.6. The summed E-state index contributed by atoms with van der Waals surface area (Å²) in [5.41, 5.74) is 3.83. The Labute approximate surface area is 172 Å². The number of benzene rings is 1. The molecule has 2 fully saturated rings. The van der Waals surface area contributed by atoms with Crippen molar-refractivity contribution in [1.82, 2.24) is 20.1 Å². The van der Waals surface area contributed by atoms with E-state index in [4.69, 9.17) is 9.47 Å². The van der Waals surface area contributed by atoms with Crippen molar-refractivity contribution in [2.24, 2.45) is 0 Å². The molecule has 1 unspecified atom stereocenters. The van der Waals surface area contributed by atoms with E-state index >= 15 is 0 Å². The standard InChI is InChI=1S/C22H31N5O2/c1-4-28-14-29-20-12-17(16-7-8-16)9-10-19(20)21-15(2)23-22(26-25-21)24-18-6-5-11-27(3)13-18/h9-10,12,16,18H,4-8,11,13-14H2,1-3H3,(H,23,24,26). The highest BCUT2D eigenvalue weighted by atomic mass is 16.7. The Bertz CT molecular complexity index is 840. The Morgan fingerprint density at radius 2 is 2.07 bits per heavy atom. The van der Waals surface area contributed by atoms with Gasteiger partial charge in [-0.2, -0.15) is 0 Å². The molecule has 4 rings (SSSR count). The summed E-state index contributed by atoms with van der Waals surface area (Å²) in [6, 6.07) is 6.74. The van der Waals surface area contributed by atoms with Gasteiger partial charge in [0, 0.05) is 24.8 Å². The van der Waals surface area contributed by atoms with E-state index in [0.717, 1.165) is 42.2 Å². The molecule has 0 radical (unpaired) electrons. The lowest BCUT2D eigenvalue weighted by molar-refractivity contribution is 0.0227. The third kappa shape index (κ3) is 5.03. The molecule has 1 saturated heterocycles. The van der Waals surface area contributed by atoms with Crippen LogP contribution in [0.5, 0.6) is 5.75 Å². The summed E-state index contributed by atoms with van der Waals surface area (Å²) >= 11 is 0. The van der Waals surface area contributed by atoms with Crippen LogP contribution in [0.2, 0.25) is 0 Å². The van der Waals surface area contributed by atoms with E-state index in [2.05, 4.69) is 50.6 Å². The Balaban J connectivity index is 1.55. The van der Waals surface area contributed by atoms with E-state index in [1.54, 1.807) is 0 Å². The second-order valence-electron chi connectivity index (χ2n) is 8.10. The predicted molar refractivity (Wildman–Crippen MR) is 113 cm³/mol. The molecule has 2 aliphatic rings. The summed E-state index contributed by atoms with van der Waals surface area (Å²) < 4.78 is 11.3. The lowest BCUT2D eigenvalue weighted by atomic mass is 10.0. The maximum atomic E-state index is 5.93. The average molecular weight is 398 g/mol. The largest absolute Gasteiger partial charge is 0.467 e. The van der Waals surface area contributed by atoms with Gasteiger partial charge in [-0.1, -0.05) is 6.07 Å². The van der Waals surface area contributed by atoms with Crippen LogP contribution < -0.4 is 10.1 Å². The molecule has 1 saturated carbocycles. The summed E-state index contributed by atoms with van der Waals surface area (Å²) in [4.78, 5) is 7.02. The Morgan fingerprint density at radius 3 is 2.79 bits per heavy atom. The maximum absolute atomic E-state index is 5.93. The van der Waals surface area contributed by atoms with Gasteiger partial charge in [0.25, 0.3) is 0 Å². The molecule has 156 valence electrons.